The molecule has 1 amide bonds. The standard InChI is InChI=1S/C14H20N2O2S/c1-10(2)18-9-3-4-13(17)16-12-7-5-11(6-8-12)14(15)19/h5-8,10H,3-4,9H2,1-2H3,(H2,15,19)(H,16,17). The fourth-order valence-corrected chi connectivity index (χ4v) is 1.63. The van der Waals surface area contributed by atoms with Crippen molar-refractivity contribution in [3.8, 4) is 0 Å². The summed E-state index contributed by atoms with van der Waals surface area (Å²) >= 11 is 4.86. The normalized spacial score (nSPS) is 10.5. The molecule has 5 heteroatoms. The molecule has 0 bridgehead atoms. The average Bonchev–Trinajstić information content (AvgIpc) is 2.35. The molecule has 1 aromatic carbocycles. The lowest BCUT2D eigenvalue weighted by Gasteiger charge is -2.08. The highest BCUT2D eigenvalue weighted by molar-refractivity contribution is 7.80. The predicted molar refractivity (Wildman–Crippen MR) is 81.3 cm³/mol. The van der Waals surface area contributed by atoms with Crippen LogP contribution in [0.3, 0.4) is 0 Å². The minimum Gasteiger partial charge on any atom is -0.389 e. The highest BCUT2D eigenvalue weighted by atomic mass is 32.1. The maximum absolute atomic E-state index is 11.7. The molecule has 0 unspecified atom stereocenters. The van der Waals surface area contributed by atoms with E-state index in [1.165, 1.54) is 0 Å². The molecule has 4 nitrogen and oxygen atoms in total. The molecular weight excluding hydrogens is 260 g/mol. The van der Waals surface area contributed by atoms with Gasteiger partial charge in [0.15, 0.2) is 0 Å². The first-order chi connectivity index (χ1) is 8.99. The van der Waals surface area contributed by atoms with Gasteiger partial charge >= 0.3 is 0 Å². The number of amides is 1. The second-order valence-electron chi connectivity index (χ2n) is 4.51. The summed E-state index contributed by atoms with van der Waals surface area (Å²) in [5, 5.41) is 2.82. The molecule has 0 saturated heterocycles. The smallest absolute Gasteiger partial charge is 0.224 e. The van der Waals surface area contributed by atoms with Crippen LogP contribution in [0.15, 0.2) is 24.3 Å². The van der Waals surface area contributed by atoms with Crippen molar-refractivity contribution in [2.45, 2.75) is 32.8 Å². The van der Waals surface area contributed by atoms with E-state index in [-0.39, 0.29) is 12.0 Å². The number of nitrogens with two attached hydrogens (primary N) is 1. The largest absolute Gasteiger partial charge is 0.389 e. The third kappa shape index (κ3) is 6.31. The van der Waals surface area contributed by atoms with Crippen LogP contribution in [0.1, 0.15) is 32.3 Å². The molecule has 19 heavy (non-hydrogen) atoms. The number of thiocarbonyl (C=S) groups is 1. The van der Waals surface area contributed by atoms with Gasteiger partial charge in [0, 0.05) is 24.3 Å². The van der Waals surface area contributed by atoms with Crippen LogP contribution in [0, 0.1) is 0 Å². The Labute approximate surface area is 119 Å². The number of hydrogen-bond acceptors (Lipinski definition) is 3. The molecule has 3 N–H and O–H groups in total. The minimum atomic E-state index is -0.0181. The molecule has 0 aliphatic rings. The Balaban J connectivity index is 2.34. The number of nitrogens with one attached hydrogen (secondary N) is 1. The molecule has 0 aliphatic carbocycles. The summed E-state index contributed by atoms with van der Waals surface area (Å²) in [7, 11) is 0. The topological polar surface area (TPSA) is 64.3 Å². The first-order valence-electron chi connectivity index (χ1n) is 6.30. The molecule has 0 fully saturated rings. The van der Waals surface area contributed by atoms with Crippen molar-refractivity contribution in [3.63, 3.8) is 0 Å². The van der Waals surface area contributed by atoms with Crippen LogP contribution in [0.5, 0.6) is 0 Å². The number of rotatable bonds is 7. The molecule has 1 aromatic rings. The van der Waals surface area contributed by atoms with Crippen LogP contribution in [0.25, 0.3) is 0 Å². The van der Waals surface area contributed by atoms with E-state index in [2.05, 4.69) is 5.32 Å². The van der Waals surface area contributed by atoms with Crippen LogP contribution in [-0.2, 0) is 9.53 Å². The van der Waals surface area contributed by atoms with Gasteiger partial charge in [0.1, 0.15) is 4.99 Å². The third-order valence-corrected chi connectivity index (χ3v) is 2.69. The van der Waals surface area contributed by atoms with Crippen LogP contribution >= 0.6 is 12.2 Å². The van der Waals surface area contributed by atoms with Crippen molar-refractivity contribution in [1.82, 2.24) is 0 Å². The molecule has 0 atom stereocenters. The van der Waals surface area contributed by atoms with Crippen LogP contribution < -0.4 is 11.1 Å². The van der Waals surface area contributed by atoms with Crippen molar-refractivity contribution in [2.75, 3.05) is 11.9 Å². The van der Waals surface area contributed by atoms with Gasteiger partial charge in [0.25, 0.3) is 0 Å². The van der Waals surface area contributed by atoms with Crippen molar-refractivity contribution < 1.29 is 9.53 Å². The summed E-state index contributed by atoms with van der Waals surface area (Å²) < 4.78 is 5.38. The van der Waals surface area contributed by atoms with Gasteiger partial charge in [-0.2, -0.15) is 0 Å². The predicted octanol–water partition coefficient (Wildman–Crippen LogP) is 2.46. The Kier molecular flexibility index (Phi) is 6.45. The zero-order valence-electron chi connectivity index (χ0n) is 11.3. The summed E-state index contributed by atoms with van der Waals surface area (Å²) in [6.07, 6.45) is 1.37. The van der Waals surface area contributed by atoms with Crippen molar-refractivity contribution >= 4 is 28.8 Å². The van der Waals surface area contributed by atoms with E-state index in [0.717, 1.165) is 17.7 Å². The Bertz CT molecular complexity index is 430. The van der Waals surface area contributed by atoms with Crippen molar-refractivity contribution in [2.24, 2.45) is 5.73 Å². The SMILES string of the molecule is CC(C)OCCCC(=O)Nc1ccc(C(N)=S)cc1. The zero-order valence-corrected chi connectivity index (χ0v) is 12.1. The molecule has 0 heterocycles. The molecule has 0 saturated carbocycles. The molecule has 0 spiro atoms. The summed E-state index contributed by atoms with van der Waals surface area (Å²) in [4.78, 5) is 12.0. The van der Waals surface area contributed by atoms with Crippen LogP contribution in [-0.4, -0.2) is 23.6 Å². The Hall–Kier alpha value is -1.46. The summed E-state index contributed by atoms with van der Waals surface area (Å²) in [5.41, 5.74) is 7.04. The van der Waals surface area contributed by atoms with Crippen molar-refractivity contribution in [3.05, 3.63) is 29.8 Å². The third-order valence-electron chi connectivity index (χ3n) is 2.45. The number of carbonyl (C=O) groups excluding carboxylic acids is 1. The molecule has 0 aliphatic heterocycles. The molecule has 104 valence electrons. The van der Waals surface area contributed by atoms with Gasteiger partial charge in [-0.1, -0.05) is 12.2 Å². The molecule has 0 radical (unpaired) electrons. The van der Waals surface area contributed by atoms with E-state index in [1.54, 1.807) is 24.3 Å². The van der Waals surface area contributed by atoms with E-state index in [4.69, 9.17) is 22.7 Å². The summed E-state index contributed by atoms with van der Waals surface area (Å²) in [6, 6.07) is 7.16. The van der Waals surface area contributed by atoms with Gasteiger partial charge < -0.3 is 15.8 Å². The second-order valence-corrected chi connectivity index (χ2v) is 4.95. The fourth-order valence-electron chi connectivity index (χ4n) is 1.49. The van der Waals surface area contributed by atoms with Gasteiger partial charge in [-0.05, 0) is 44.5 Å². The number of ether oxygens (including phenoxy) is 1. The monoisotopic (exact) mass is 280 g/mol. The van der Waals surface area contributed by atoms with E-state index >= 15 is 0 Å². The lowest BCUT2D eigenvalue weighted by molar-refractivity contribution is -0.116. The van der Waals surface area contributed by atoms with E-state index in [9.17, 15) is 4.79 Å². The quantitative estimate of drug-likeness (QED) is 0.595. The van der Waals surface area contributed by atoms with Gasteiger partial charge in [0.2, 0.25) is 5.91 Å². The molecule has 1 rings (SSSR count). The van der Waals surface area contributed by atoms with Crippen LogP contribution in [0.2, 0.25) is 0 Å². The Morgan fingerprint density at radius 3 is 2.53 bits per heavy atom. The van der Waals surface area contributed by atoms with Crippen LogP contribution in [0.4, 0.5) is 5.69 Å². The first-order valence-corrected chi connectivity index (χ1v) is 6.71. The number of benzene rings is 1. The van der Waals surface area contributed by atoms with Gasteiger partial charge in [0.05, 0.1) is 6.10 Å². The number of hydrogen-bond donors (Lipinski definition) is 2. The summed E-state index contributed by atoms with van der Waals surface area (Å²) in [5.74, 6) is -0.0181. The zero-order chi connectivity index (χ0) is 14.3. The fraction of sp³-hybridized carbons (Fsp3) is 0.429. The average molecular weight is 280 g/mol. The Morgan fingerprint density at radius 1 is 1.37 bits per heavy atom. The first kappa shape index (κ1) is 15.6. The lowest BCUT2D eigenvalue weighted by atomic mass is 10.2. The number of carbonyl (C=O) groups is 1. The molecular formula is C14H20N2O2S. The highest BCUT2D eigenvalue weighted by Gasteiger charge is 2.03. The van der Waals surface area contributed by atoms with Gasteiger partial charge in [-0.3, -0.25) is 4.79 Å². The van der Waals surface area contributed by atoms with Gasteiger partial charge in [-0.25, -0.2) is 0 Å². The summed E-state index contributed by atoms with van der Waals surface area (Å²) in [6.45, 7) is 4.55. The van der Waals surface area contributed by atoms with E-state index < -0.39 is 0 Å². The second kappa shape index (κ2) is 7.86. The van der Waals surface area contributed by atoms with E-state index in [0.29, 0.717) is 18.0 Å². The van der Waals surface area contributed by atoms with Crippen molar-refractivity contribution in [1.29, 1.82) is 0 Å². The molecule has 0 aromatic heterocycles. The van der Waals surface area contributed by atoms with E-state index in [1.807, 2.05) is 13.8 Å². The van der Waals surface area contributed by atoms with Gasteiger partial charge in [-0.15, -0.1) is 0 Å². The lowest BCUT2D eigenvalue weighted by Crippen LogP contribution is -2.14. The highest BCUT2D eigenvalue weighted by Crippen LogP contribution is 2.10. The maximum Gasteiger partial charge on any atom is 0.224 e. The maximum atomic E-state index is 11.7. The number of anilines is 1. The minimum absolute atomic E-state index is 0.0181. The Morgan fingerprint density at radius 2 is 2.00 bits per heavy atom.